The number of fused-ring (bicyclic) bond motifs is 1. The van der Waals surface area contributed by atoms with Crippen molar-refractivity contribution in [3.63, 3.8) is 0 Å². The van der Waals surface area contributed by atoms with Crippen LogP contribution in [0.1, 0.15) is 35.8 Å². The molecule has 0 aliphatic carbocycles. The molecule has 28 heavy (non-hydrogen) atoms. The third-order valence-corrected chi connectivity index (χ3v) is 4.34. The fraction of sp³-hybridized carbons (Fsp3) is 0.278. The van der Waals surface area contributed by atoms with Gasteiger partial charge in [-0.1, -0.05) is 6.92 Å². The normalized spacial score (nSPS) is 13.8. The average Bonchev–Trinajstić information content (AvgIpc) is 2.66. The van der Waals surface area contributed by atoms with Gasteiger partial charge in [-0.05, 0) is 36.6 Å². The van der Waals surface area contributed by atoms with Crippen LogP contribution in [0.25, 0.3) is 0 Å². The smallest absolute Gasteiger partial charge is 0.271 e. The maximum Gasteiger partial charge on any atom is 0.271 e. The Morgan fingerprint density at radius 1 is 1.29 bits per heavy atom. The van der Waals surface area contributed by atoms with Crippen LogP contribution in [0.4, 0.5) is 23.0 Å². The van der Waals surface area contributed by atoms with Gasteiger partial charge in [0, 0.05) is 17.8 Å². The van der Waals surface area contributed by atoms with Crippen molar-refractivity contribution in [2.45, 2.75) is 32.2 Å². The third kappa shape index (κ3) is 4.17. The van der Waals surface area contributed by atoms with E-state index < -0.39 is 17.9 Å². The molecule has 0 spiro atoms. The molecule has 10 heteroatoms. The van der Waals surface area contributed by atoms with Crippen LogP contribution >= 0.6 is 0 Å². The second kappa shape index (κ2) is 7.91. The second-order valence-electron chi connectivity index (χ2n) is 6.37. The number of nitrogens with one attached hydrogen (secondary N) is 3. The number of hydrogen-bond acceptors (Lipinski definition) is 7. The van der Waals surface area contributed by atoms with Gasteiger partial charge in [-0.15, -0.1) is 0 Å². The standard InChI is InChI=1S/C18H21N7O3/c1-2-11(16(19)27)23-13-8-21-15(17(20)28)18(25-13)22-10-4-5-12-9(7-10)3-6-14(26)24-12/h4-5,7-8,11H,2-3,6H2,1H3,(H2,19,27)(H2,20,28)(H,24,26)(H2,22,23,25)/t11-/m1/s1. The molecule has 3 amide bonds. The Morgan fingerprint density at radius 3 is 2.75 bits per heavy atom. The van der Waals surface area contributed by atoms with E-state index in [0.717, 1.165) is 11.3 Å². The lowest BCUT2D eigenvalue weighted by Gasteiger charge is -2.19. The van der Waals surface area contributed by atoms with Gasteiger partial charge >= 0.3 is 0 Å². The molecular formula is C18H21N7O3. The summed E-state index contributed by atoms with van der Waals surface area (Å²) in [7, 11) is 0. The van der Waals surface area contributed by atoms with E-state index in [1.165, 1.54) is 6.20 Å². The number of aryl methyl sites for hydroxylation is 1. The summed E-state index contributed by atoms with van der Waals surface area (Å²) in [4.78, 5) is 43.0. The molecule has 0 radical (unpaired) electrons. The summed E-state index contributed by atoms with van der Waals surface area (Å²) in [5.41, 5.74) is 13.1. The molecule has 1 aromatic carbocycles. The van der Waals surface area contributed by atoms with Crippen molar-refractivity contribution in [3.05, 3.63) is 35.7 Å². The van der Waals surface area contributed by atoms with Gasteiger partial charge < -0.3 is 27.4 Å². The Hall–Kier alpha value is -3.69. The molecule has 1 aliphatic rings. The van der Waals surface area contributed by atoms with Gasteiger partial charge in [0.15, 0.2) is 11.5 Å². The van der Waals surface area contributed by atoms with Crippen molar-refractivity contribution in [3.8, 4) is 0 Å². The number of rotatable bonds is 7. The van der Waals surface area contributed by atoms with Gasteiger partial charge in [-0.25, -0.2) is 9.97 Å². The van der Waals surface area contributed by atoms with Crippen LogP contribution in [0.2, 0.25) is 0 Å². The van der Waals surface area contributed by atoms with E-state index in [9.17, 15) is 14.4 Å². The van der Waals surface area contributed by atoms with E-state index in [-0.39, 0.29) is 23.2 Å². The molecule has 0 unspecified atom stereocenters. The number of benzene rings is 1. The summed E-state index contributed by atoms with van der Waals surface area (Å²) in [6.07, 6.45) is 2.81. The Labute approximate surface area is 161 Å². The zero-order chi connectivity index (χ0) is 20.3. The monoisotopic (exact) mass is 383 g/mol. The predicted octanol–water partition coefficient (Wildman–Crippen LogP) is 0.880. The van der Waals surface area contributed by atoms with E-state index in [1.807, 2.05) is 6.07 Å². The summed E-state index contributed by atoms with van der Waals surface area (Å²) in [5.74, 6) is -0.850. The lowest BCUT2D eigenvalue weighted by Crippen LogP contribution is -2.35. The molecule has 3 rings (SSSR count). The first-order chi connectivity index (χ1) is 13.4. The number of amides is 3. The fourth-order valence-electron chi connectivity index (χ4n) is 2.88. The van der Waals surface area contributed by atoms with E-state index in [4.69, 9.17) is 11.5 Å². The van der Waals surface area contributed by atoms with Gasteiger partial charge in [-0.3, -0.25) is 14.4 Å². The lowest BCUT2D eigenvalue weighted by molar-refractivity contribution is -0.119. The number of aromatic nitrogens is 2. The molecule has 0 fully saturated rings. The molecule has 1 atom stereocenters. The lowest BCUT2D eigenvalue weighted by atomic mass is 10.0. The van der Waals surface area contributed by atoms with Gasteiger partial charge in [0.25, 0.3) is 5.91 Å². The van der Waals surface area contributed by atoms with Crippen molar-refractivity contribution < 1.29 is 14.4 Å². The first-order valence-corrected chi connectivity index (χ1v) is 8.80. The molecule has 0 bridgehead atoms. The van der Waals surface area contributed by atoms with Gasteiger partial charge in [0.1, 0.15) is 11.9 Å². The van der Waals surface area contributed by atoms with Crippen molar-refractivity contribution in [1.82, 2.24) is 9.97 Å². The van der Waals surface area contributed by atoms with Gasteiger partial charge in [-0.2, -0.15) is 0 Å². The van der Waals surface area contributed by atoms with Gasteiger partial charge in [0.2, 0.25) is 11.8 Å². The number of anilines is 4. The van der Waals surface area contributed by atoms with Crippen LogP contribution in [0.15, 0.2) is 24.4 Å². The largest absolute Gasteiger partial charge is 0.368 e. The van der Waals surface area contributed by atoms with Crippen molar-refractivity contribution >= 4 is 40.7 Å². The number of carbonyl (C=O) groups excluding carboxylic acids is 3. The summed E-state index contributed by atoms with van der Waals surface area (Å²) < 4.78 is 0. The summed E-state index contributed by atoms with van der Waals surface area (Å²) in [6.45, 7) is 1.80. The van der Waals surface area contributed by atoms with E-state index in [0.29, 0.717) is 24.9 Å². The van der Waals surface area contributed by atoms with Crippen LogP contribution in [0, 0.1) is 0 Å². The number of primary amides is 2. The number of nitrogens with zero attached hydrogens (tertiary/aromatic N) is 2. The van der Waals surface area contributed by atoms with Crippen LogP contribution in [0.5, 0.6) is 0 Å². The fourth-order valence-corrected chi connectivity index (χ4v) is 2.88. The first-order valence-electron chi connectivity index (χ1n) is 8.80. The van der Waals surface area contributed by atoms with Crippen LogP contribution in [0.3, 0.4) is 0 Å². The minimum atomic E-state index is -0.742. The minimum absolute atomic E-state index is 0.0196. The predicted molar refractivity (Wildman–Crippen MR) is 104 cm³/mol. The molecule has 1 aromatic heterocycles. The second-order valence-corrected chi connectivity index (χ2v) is 6.37. The van der Waals surface area contributed by atoms with Crippen molar-refractivity contribution in [2.75, 3.05) is 16.0 Å². The number of hydrogen-bond donors (Lipinski definition) is 5. The average molecular weight is 383 g/mol. The molecule has 2 aromatic rings. The number of carbonyl (C=O) groups is 3. The number of nitrogens with two attached hydrogens (primary N) is 2. The summed E-state index contributed by atoms with van der Waals surface area (Å²) in [5, 5.41) is 8.73. The topological polar surface area (TPSA) is 165 Å². The zero-order valence-corrected chi connectivity index (χ0v) is 15.3. The highest BCUT2D eigenvalue weighted by Crippen LogP contribution is 2.28. The van der Waals surface area contributed by atoms with Crippen LogP contribution in [-0.4, -0.2) is 33.7 Å². The molecule has 10 nitrogen and oxygen atoms in total. The SMILES string of the molecule is CC[C@@H](Nc1cnc(C(N)=O)c(Nc2ccc3c(c2)CCC(=O)N3)n1)C(N)=O. The first kappa shape index (κ1) is 19.1. The highest BCUT2D eigenvalue weighted by Gasteiger charge is 2.19. The highest BCUT2D eigenvalue weighted by molar-refractivity contribution is 5.97. The van der Waals surface area contributed by atoms with Crippen molar-refractivity contribution in [2.24, 2.45) is 11.5 Å². The molecule has 1 aliphatic heterocycles. The molecule has 2 heterocycles. The Kier molecular flexibility index (Phi) is 5.39. The maximum absolute atomic E-state index is 11.7. The molecule has 0 saturated carbocycles. The van der Waals surface area contributed by atoms with E-state index in [2.05, 4.69) is 25.9 Å². The minimum Gasteiger partial charge on any atom is -0.368 e. The summed E-state index contributed by atoms with van der Waals surface area (Å²) in [6, 6.07) is 4.76. The third-order valence-electron chi connectivity index (χ3n) is 4.34. The Bertz CT molecular complexity index is 945. The van der Waals surface area contributed by atoms with Crippen LogP contribution < -0.4 is 27.4 Å². The Balaban J connectivity index is 1.89. The molecule has 146 valence electrons. The van der Waals surface area contributed by atoms with E-state index in [1.54, 1.807) is 19.1 Å². The maximum atomic E-state index is 11.7. The summed E-state index contributed by atoms with van der Waals surface area (Å²) >= 11 is 0. The zero-order valence-electron chi connectivity index (χ0n) is 15.3. The van der Waals surface area contributed by atoms with E-state index >= 15 is 0 Å². The quantitative estimate of drug-likeness (QED) is 0.473. The van der Waals surface area contributed by atoms with Gasteiger partial charge in [0.05, 0.1) is 6.20 Å². The molecular weight excluding hydrogens is 362 g/mol. The Morgan fingerprint density at radius 2 is 2.07 bits per heavy atom. The molecule has 7 N–H and O–H groups in total. The molecule has 0 saturated heterocycles. The highest BCUT2D eigenvalue weighted by atomic mass is 16.2. The van der Waals surface area contributed by atoms with Crippen LogP contribution in [-0.2, 0) is 16.0 Å². The van der Waals surface area contributed by atoms with Crippen molar-refractivity contribution in [1.29, 1.82) is 0 Å².